The number of carbonyl (C=O) groups is 1. The lowest BCUT2D eigenvalue weighted by atomic mass is 10.1. The summed E-state index contributed by atoms with van der Waals surface area (Å²) in [5, 5.41) is 8.17. The summed E-state index contributed by atoms with van der Waals surface area (Å²) in [7, 11) is 0. The van der Waals surface area contributed by atoms with Crippen molar-refractivity contribution in [3.05, 3.63) is 82.0 Å². The quantitative estimate of drug-likeness (QED) is 0.314. The van der Waals surface area contributed by atoms with Gasteiger partial charge in [-0.15, -0.1) is 5.10 Å². The SMILES string of the molecule is O=C(CSc1nc2nn(-c3ccccc3)c(=O)c-2c2n1CCCCC2)NCCc1ccc(F)cc1. The van der Waals surface area contributed by atoms with Crippen molar-refractivity contribution >= 4 is 17.7 Å². The number of rotatable bonds is 7. The Morgan fingerprint density at radius 3 is 2.66 bits per heavy atom. The number of nitrogens with zero attached hydrogens (tertiary/aromatic N) is 4. The molecule has 0 spiro atoms. The van der Waals surface area contributed by atoms with Gasteiger partial charge in [0.05, 0.1) is 11.4 Å². The van der Waals surface area contributed by atoms with E-state index >= 15 is 0 Å². The maximum atomic E-state index is 13.3. The first-order valence-corrected chi connectivity index (χ1v) is 12.8. The first-order valence-electron chi connectivity index (χ1n) is 11.8. The molecule has 0 saturated heterocycles. The molecule has 5 rings (SSSR count). The molecule has 0 saturated carbocycles. The number of hydrogen-bond acceptors (Lipinski definition) is 5. The van der Waals surface area contributed by atoms with Gasteiger partial charge in [-0.3, -0.25) is 9.59 Å². The fourth-order valence-electron chi connectivity index (χ4n) is 4.39. The van der Waals surface area contributed by atoms with E-state index in [4.69, 9.17) is 4.98 Å². The normalized spacial score (nSPS) is 13.4. The van der Waals surface area contributed by atoms with E-state index in [1.807, 2.05) is 30.3 Å². The van der Waals surface area contributed by atoms with Gasteiger partial charge in [-0.2, -0.15) is 4.68 Å². The van der Waals surface area contributed by atoms with Gasteiger partial charge in [0.1, 0.15) is 11.4 Å². The highest BCUT2D eigenvalue weighted by molar-refractivity contribution is 7.99. The maximum Gasteiger partial charge on any atom is 0.284 e. The molecular weight excluding hydrogens is 465 g/mol. The van der Waals surface area contributed by atoms with Gasteiger partial charge in [0.25, 0.3) is 5.56 Å². The lowest BCUT2D eigenvalue weighted by molar-refractivity contribution is -0.118. The van der Waals surface area contributed by atoms with Crippen LogP contribution in [0.15, 0.2) is 64.5 Å². The zero-order chi connectivity index (χ0) is 24.2. The Morgan fingerprint density at radius 2 is 1.86 bits per heavy atom. The third-order valence-electron chi connectivity index (χ3n) is 6.15. The van der Waals surface area contributed by atoms with Crippen LogP contribution < -0.4 is 10.9 Å². The average Bonchev–Trinajstić information content (AvgIpc) is 3.03. The highest BCUT2D eigenvalue weighted by Crippen LogP contribution is 2.30. The summed E-state index contributed by atoms with van der Waals surface area (Å²) in [6.07, 6.45) is 4.50. The molecule has 35 heavy (non-hydrogen) atoms. The minimum atomic E-state index is -0.270. The highest BCUT2D eigenvalue weighted by atomic mass is 32.2. The molecule has 0 radical (unpaired) electrons. The molecule has 3 heterocycles. The van der Waals surface area contributed by atoms with E-state index in [9.17, 15) is 14.0 Å². The number of halogens is 1. The van der Waals surface area contributed by atoms with Crippen molar-refractivity contribution < 1.29 is 9.18 Å². The van der Waals surface area contributed by atoms with Crippen LogP contribution in [0.4, 0.5) is 4.39 Å². The van der Waals surface area contributed by atoms with Crippen LogP contribution in [0.1, 0.15) is 30.5 Å². The number of nitrogens with one attached hydrogen (secondary N) is 1. The van der Waals surface area contributed by atoms with Crippen molar-refractivity contribution in [3.8, 4) is 17.1 Å². The molecule has 180 valence electrons. The van der Waals surface area contributed by atoms with Crippen LogP contribution in [0, 0.1) is 5.82 Å². The highest BCUT2D eigenvalue weighted by Gasteiger charge is 2.27. The Balaban J connectivity index is 1.35. The maximum absolute atomic E-state index is 13.3. The van der Waals surface area contributed by atoms with Gasteiger partial charge in [0.2, 0.25) is 5.91 Å². The van der Waals surface area contributed by atoms with E-state index in [-0.39, 0.29) is 23.0 Å². The number of hydrogen-bond donors (Lipinski definition) is 1. The summed E-state index contributed by atoms with van der Waals surface area (Å²) in [6, 6.07) is 15.6. The molecule has 7 nitrogen and oxygen atoms in total. The lowest BCUT2D eigenvalue weighted by Gasteiger charge is -2.17. The molecule has 1 amide bonds. The summed E-state index contributed by atoms with van der Waals surface area (Å²) in [5.74, 6) is 0.269. The van der Waals surface area contributed by atoms with E-state index in [1.165, 1.54) is 28.6 Å². The van der Waals surface area contributed by atoms with E-state index in [0.29, 0.717) is 35.2 Å². The summed E-state index contributed by atoms with van der Waals surface area (Å²) in [6.45, 7) is 1.24. The monoisotopic (exact) mass is 491 g/mol. The van der Waals surface area contributed by atoms with Crippen LogP contribution in [0.3, 0.4) is 0 Å². The molecule has 9 heteroatoms. The number of fused-ring (bicyclic) bond motifs is 3. The van der Waals surface area contributed by atoms with Crippen LogP contribution in [0.25, 0.3) is 17.1 Å². The first-order chi connectivity index (χ1) is 17.1. The van der Waals surface area contributed by atoms with Crippen molar-refractivity contribution in [2.45, 2.75) is 43.8 Å². The fourth-order valence-corrected chi connectivity index (χ4v) is 5.26. The number of thioether (sulfide) groups is 1. The zero-order valence-corrected chi connectivity index (χ0v) is 20.1. The van der Waals surface area contributed by atoms with Gasteiger partial charge in [0, 0.05) is 18.8 Å². The molecule has 0 atom stereocenters. The zero-order valence-electron chi connectivity index (χ0n) is 19.2. The number of amides is 1. The predicted molar refractivity (Wildman–Crippen MR) is 134 cm³/mol. The Kier molecular flexibility index (Phi) is 6.94. The van der Waals surface area contributed by atoms with Crippen molar-refractivity contribution in [1.82, 2.24) is 24.6 Å². The van der Waals surface area contributed by atoms with Crippen molar-refractivity contribution in [2.75, 3.05) is 12.3 Å². The van der Waals surface area contributed by atoms with Gasteiger partial charge in [-0.25, -0.2) is 9.37 Å². The van der Waals surface area contributed by atoms with Crippen molar-refractivity contribution in [2.24, 2.45) is 0 Å². The topological polar surface area (TPSA) is 81.8 Å². The van der Waals surface area contributed by atoms with Crippen LogP contribution in [-0.4, -0.2) is 37.5 Å². The van der Waals surface area contributed by atoms with E-state index in [0.717, 1.165) is 43.5 Å². The molecule has 0 bridgehead atoms. The summed E-state index contributed by atoms with van der Waals surface area (Å²) >= 11 is 1.37. The molecule has 3 aliphatic heterocycles. The predicted octanol–water partition coefficient (Wildman–Crippen LogP) is 3.85. The van der Waals surface area contributed by atoms with E-state index in [2.05, 4.69) is 15.0 Å². The van der Waals surface area contributed by atoms with Gasteiger partial charge < -0.3 is 9.88 Å². The standard InChI is InChI=1S/C26H26FN5O2S/c27-19-12-10-18(11-13-19)14-15-28-22(33)17-35-26-29-24-23(21-9-5-2-6-16-31(21)26)25(34)32(30-24)20-7-3-1-4-8-20/h1,3-4,7-8,10-13H,2,5-6,9,14-17H2,(H,28,33). The number of benzene rings is 2. The summed E-state index contributed by atoms with van der Waals surface area (Å²) in [4.78, 5) is 30.5. The Labute approximate surface area is 206 Å². The molecule has 1 N–H and O–H groups in total. The molecule has 0 fully saturated rings. The minimum Gasteiger partial charge on any atom is -0.355 e. The summed E-state index contributed by atoms with van der Waals surface area (Å²) < 4.78 is 16.6. The molecule has 2 aromatic carbocycles. The molecule has 0 unspecified atom stereocenters. The third kappa shape index (κ3) is 5.14. The second-order valence-electron chi connectivity index (χ2n) is 8.57. The molecular formula is C26H26FN5O2S. The largest absolute Gasteiger partial charge is 0.355 e. The van der Waals surface area contributed by atoms with E-state index < -0.39 is 0 Å². The van der Waals surface area contributed by atoms with Gasteiger partial charge in [0.15, 0.2) is 11.0 Å². The van der Waals surface area contributed by atoms with Gasteiger partial charge in [-0.05, 0) is 55.5 Å². The van der Waals surface area contributed by atoms with Gasteiger partial charge in [-0.1, -0.05) is 48.5 Å². The van der Waals surface area contributed by atoms with E-state index in [1.54, 1.807) is 12.1 Å². The summed E-state index contributed by atoms with van der Waals surface area (Å²) in [5.41, 5.74) is 3.05. The molecule has 0 aliphatic carbocycles. The Bertz CT molecular complexity index is 1350. The fraction of sp³-hybridized carbons (Fsp3) is 0.308. The van der Waals surface area contributed by atoms with Crippen molar-refractivity contribution in [1.29, 1.82) is 0 Å². The lowest BCUT2D eigenvalue weighted by Crippen LogP contribution is -2.27. The number of para-hydroxylation sites is 1. The van der Waals surface area contributed by atoms with Crippen molar-refractivity contribution in [3.63, 3.8) is 0 Å². The molecule has 2 aromatic rings. The van der Waals surface area contributed by atoms with Crippen LogP contribution >= 0.6 is 11.8 Å². The Hall–Kier alpha value is -3.46. The number of aromatic nitrogens is 4. The smallest absolute Gasteiger partial charge is 0.284 e. The second kappa shape index (κ2) is 10.4. The van der Waals surface area contributed by atoms with Crippen LogP contribution in [0.2, 0.25) is 0 Å². The Morgan fingerprint density at radius 1 is 1.06 bits per heavy atom. The van der Waals surface area contributed by atoms with Crippen LogP contribution in [0.5, 0.6) is 0 Å². The van der Waals surface area contributed by atoms with Crippen LogP contribution in [-0.2, 0) is 24.2 Å². The first kappa shape index (κ1) is 23.3. The second-order valence-corrected chi connectivity index (χ2v) is 9.51. The number of carbonyl (C=O) groups excluding carboxylic acids is 1. The minimum absolute atomic E-state index is 0.0960. The third-order valence-corrected chi connectivity index (χ3v) is 7.13. The van der Waals surface area contributed by atoms with Gasteiger partial charge >= 0.3 is 0 Å². The average molecular weight is 492 g/mol. The molecule has 0 aromatic heterocycles. The molecule has 3 aliphatic rings.